The third-order valence-corrected chi connectivity index (χ3v) is 3.50. The van der Waals surface area contributed by atoms with E-state index in [9.17, 15) is 13.2 Å². The predicted octanol–water partition coefficient (Wildman–Crippen LogP) is 1.69. The van der Waals surface area contributed by atoms with Gasteiger partial charge in [0.2, 0.25) is 0 Å². The maximum absolute atomic E-state index is 10.8. The van der Waals surface area contributed by atoms with Crippen molar-refractivity contribution in [1.82, 2.24) is 0 Å². The molecule has 106 valence electrons. The molecule has 0 aliphatic heterocycles. The molecule has 0 saturated carbocycles. The van der Waals surface area contributed by atoms with E-state index < -0.39 is 10.1 Å². The van der Waals surface area contributed by atoms with Gasteiger partial charge in [-0.05, 0) is 17.9 Å². The Hall–Kier alpha value is -1.24. The Kier molecular flexibility index (Phi) is 6.69. The van der Waals surface area contributed by atoms with E-state index in [1.807, 2.05) is 30.3 Å². The molecule has 0 fully saturated rings. The second kappa shape index (κ2) is 8.04. The number of hydrogen-bond acceptors (Lipinski definition) is 4. The largest absolute Gasteiger partial charge is 0.376 e. The molecule has 1 aromatic rings. The lowest BCUT2D eigenvalue weighted by molar-refractivity contribution is -0.108. The molecular weight excluding hydrogens is 268 g/mol. The minimum atomic E-state index is -4.04. The molecule has 0 heterocycles. The van der Waals surface area contributed by atoms with Crippen LogP contribution in [-0.2, 0) is 26.3 Å². The van der Waals surface area contributed by atoms with Crippen LogP contribution in [-0.4, -0.2) is 31.6 Å². The average Bonchev–Trinajstić information content (AvgIpc) is 2.35. The number of hydrogen-bond donors (Lipinski definition) is 1. The first kappa shape index (κ1) is 15.8. The number of carbonyl (C=O) groups excluding carboxylic acids is 1. The summed E-state index contributed by atoms with van der Waals surface area (Å²) in [5, 5.41) is 0. The molecule has 0 spiro atoms. The van der Waals surface area contributed by atoms with Crippen LogP contribution in [0.5, 0.6) is 0 Å². The molecule has 1 rings (SSSR count). The normalized spacial score (nSPS) is 13.1. The van der Waals surface area contributed by atoms with Gasteiger partial charge in [-0.2, -0.15) is 8.42 Å². The molecule has 0 aliphatic carbocycles. The van der Waals surface area contributed by atoms with Crippen molar-refractivity contribution in [2.45, 2.75) is 19.4 Å². The molecule has 5 nitrogen and oxygen atoms in total. The van der Waals surface area contributed by atoms with Crippen LogP contribution in [0.1, 0.15) is 18.4 Å². The summed E-state index contributed by atoms with van der Waals surface area (Å²) in [4.78, 5) is 10.3. The number of ether oxygens (including phenoxy) is 1. The Bertz CT molecular complexity index is 469. The lowest BCUT2D eigenvalue weighted by atomic mass is 10.1. The number of rotatable bonds is 9. The fraction of sp³-hybridized carbons (Fsp3) is 0.462. The van der Waals surface area contributed by atoms with Crippen molar-refractivity contribution < 1.29 is 22.5 Å². The lowest BCUT2D eigenvalue weighted by Gasteiger charge is -2.14. The predicted molar refractivity (Wildman–Crippen MR) is 71.3 cm³/mol. The highest BCUT2D eigenvalue weighted by atomic mass is 32.2. The summed E-state index contributed by atoms with van der Waals surface area (Å²) < 4.78 is 36.0. The molecule has 1 aromatic carbocycles. The van der Waals surface area contributed by atoms with Gasteiger partial charge in [-0.15, -0.1) is 0 Å². The van der Waals surface area contributed by atoms with Gasteiger partial charge in [-0.25, -0.2) is 0 Å². The van der Waals surface area contributed by atoms with Crippen LogP contribution in [0.15, 0.2) is 30.3 Å². The first-order chi connectivity index (χ1) is 9.01. The highest BCUT2D eigenvalue weighted by Crippen LogP contribution is 2.11. The molecular formula is C13H18O5S. The topological polar surface area (TPSA) is 80.7 Å². The summed E-state index contributed by atoms with van der Waals surface area (Å²) in [6.07, 6.45) is 1.38. The SMILES string of the molecule is O=CCCC(COCc1ccccc1)CS(=O)(=O)O. The Morgan fingerprint density at radius 3 is 2.53 bits per heavy atom. The minimum Gasteiger partial charge on any atom is -0.376 e. The maximum Gasteiger partial charge on any atom is 0.265 e. The van der Waals surface area contributed by atoms with E-state index in [4.69, 9.17) is 9.29 Å². The van der Waals surface area contributed by atoms with Gasteiger partial charge in [0.15, 0.2) is 0 Å². The Labute approximate surface area is 113 Å². The maximum atomic E-state index is 10.8. The van der Waals surface area contributed by atoms with Gasteiger partial charge in [0.05, 0.1) is 19.0 Å². The van der Waals surface area contributed by atoms with Crippen molar-refractivity contribution in [1.29, 1.82) is 0 Å². The summed E-state index contributed by atoms with van der Waals surface area (Å²) in [6.45, 7) is 0.576. The van der Waals surface area contributed by atoms with Crippen molar-refractivity contribution in [2.75, 3.05) is 12.4 Å². The van der Waals surface area contributed by atoms with Crippen molar-refractivity contribution in [2.24, 2.45) is 5.92 Å². The Balaban J connectivity index is 2.41. The van der Waals surface area contributed by atoms with Gasteiger partial charge in [0.1, 0.15) is 6.29 Å². The van der Waals surface area contributed by atoms with Gasteiger partial charge >= 0.3 is 0 Å². The summed E-state index contributed by atoms with van der Waals surface area (Å²) in [6, 6.07) is 9.49. The third-order valence-electron chi connectivity index (χ3n) is 2.60. The van der Waals surface area contributed by atoms with E-state index in [1.165, 1.54) is 0 Å². The van der Waals surface area contributed by atoms with E-state index in [2.05, 4.69) is 0 Å². The zero-order chi connectivity index (χ0) is 14.1. The molecule has 0 aliphatic rings. The van der Waals surface area contributed by atoms with Crippen molar-refractivity contribution >= 4 is 16.4 Å². The van der Waals surface area contributed by atoms with Gasteiger partial charge < -0.3 is 9.53 Å². The van der Waals surface area contributed by atoms with Crippen LogP contribution in [0, 0.1) is 5.92 Å². The van der Waals surface area contributed by atoms with Gasteiger partial charge in [-0.1, -0.05) is 30.3 Å². The van der Waals surface area contributed by atoms with Crippen LogP contribution < -0.4 is 0 Å². The summed E-state index contributed by atoms with van der Waals surface area (Å²) >= 11 is 0. The monoisotopic (exact) mass is 286 g/mol. The van der Waals surface area contributed by atoms with E-state index in [0.717, 1.165) is 11.8 Å². The number of carbonyl (C=O) groups is 1. The van der Waals surface area contributed by atoms with E-state index in [1.54, 1.807) is 0 Å². The Morgan fingerprint density at radius 1 is 1.26 bits per heavy atom. The van der Waals surface area contributed by atoms with Gasteiger partial charge in [0, 0.05) is 6.42 Å². The van der Waals surface area contributed by atoms with Crippen LogP contribution in [0.2, 0.25) is 0 Å². The highest BCUT2D eigenvalue weighted by molar-refractivity contribution is 7.85. The van der Waals surface area contributed by atoms with Crippen LogP contribution in [0.4, 0.5) is 0 Å². The summed E-state index contributed by atoms with van der Waals surface area (Å²) in [5.74, 6) is -0.751. The van der Waals surface area contributed by atoms with E-state index in [0.29, 0.717) is 13.0 Å². The zero-order valence-electron chi connectivity index (χ0n) is 10.6. The highest BCUT2D eigenvalue weighted by Gasteiger charge is 2.17. The fourth-order valence-electron chi connectivity index (χ4n) is 1.73. The minimum absolute atomic E-state index is 0.197. The van der Waals surface area contributed by atoms with E-state index >= 15 is 0 Å². The first-order valence-corrected chi connectivity index (χ1v) is 7.62. The smallest absolute Gasteiger partial charge is 0.265 e. The standard InChI is InChI=1S/C13H18O5S/c14-8-4-7-13(11-19(15,16)17)10-18-9-12-5-2-1-3-6-12/h1-3,5-6,8,13H,4,7,9-11H2,(H,15,16,17). The molecule has 0 aromatic heterocycles. The molecule has 0 radical (unpaired) electrons. The number of benzene rings is 1. The quantitative estimate of drug-likeness (QED) is 0.552. The van der Waals surface area contributed by atoms with Gasteiger partial charge in [-0.3, -0.25) is 4.55 Å². The van der Waals surface area contributed by atoms with E-state index in [-0.39, 0.29) is 24.7 Å². The molecule has 6 heteroatoms. The van der Waals surface area contributed by atoms with Crippen molar-refractivity contribution in [3.63, 3.8) is 0 Å². The van der Waals surface area contributed by atoms with Crippen molar-refractivity contribution in [3.8, 4) is 0 Å². The third kappa shape index (κ3) is 7.71. The van der Waals surface area contributed by atoms with Gasteiger partial charge in [0.25, 0.3) is 10.1 Å². The zero-order valence-corrected chi connectivity index (χ0v) is 11.4. The van der Waals surface area contributed by atoms with Crippen molar-refractivity contribution in [3.05, 3.63) is 35.9 Å². The number of aldehydes is 1. The average molecular weight is 286 g/mol. The molecule has 0 bridgehead atoms. The molecule has 0 amide bonds. The van der Waals surface area contributed by atoms with Crippen LogP contribution in [0.3, 0.4) is 0 Å². The Morgan fingerprint density at radius 2 is 1.95 bits per heavy atom. The summed E-state index contributed by atoms with van der Waals surface area (Å²) in [7, 11) is -4.04. The molecule has 1 atom stereocenters. The molecule has 1 unspecified atom stereocenters. The second-order valence-corrected chi connectivity index (χ2v) is 5.86. The molecule has 19 heavy (non-hydrogen) atoms. The second-order valence-electron chi connectivity index (χ2n) is 4.36. The lowest BCUT2D eigenvalue weighted by Crippen LogP contribution is -2.20. The fourth-order valence-corrected chi connectivity index (χ4v) is 2.59. The molecule has 0 saturated heterocycles. The molecule has 1 N–H and O–H groups in total. The van der Waals surface area contributed by atoms with Crippen LogP contribution >= 0.6 is 0 Å². The summed E-state index contributed by atoms with van der Waals surface area (Å²) in [5.41, 5.74) is 0.989. The first-order valence-electron chi connectivity index (χ1n) is 6.01. The van der Waals surface area contributed by atoms with Crippen LogP contribution in [0.25, 0.3) is 0 Å².